The predicted molar refractivity (Wildman–Crippen MR) is 55.2 cm³/mol. The molecule has 1 aromatic carbocycles. The SMILES string of the molecule is CC(=O)OC(C(=O)O)c1ccccc1[N+](=O)[O-]. The van der Waals surface area contributed by atoms with Crippen molar-refractivity contribution in [3.63, 3.8) is 0 Å². The third-order valence-corrected chi connectivity index (χ3v) is 1.92. The van der Waals surface area contributed by atoms with Crippen molar-refractivity contribution in [1.82, 2.24) is 0 Å². The molecular weight excluding hydrogens is 230 g/mol. The summed E-state index contributed by atoms with van der Waals surface area (Å²) >= 11 is 0. The molecule has 0 radical (unpaired) electrons. The van der Waals surface area contributed by atoms with Crippen LogP contribution in [0, 0.1) is 10.1 Å². The number of nitrogens with zero attached hydrogens (tertiary/aromatic N) is 1. The van der Waals surface area contributed by atoms with Crippen LogP contribution in [0.15, 0.2) is 24.3 Å². The van der Waals surface area contributed by atoms with Crippen molar-refractivity contribution in [2.24, 2.45) is 0 Å². The molecule has 1 atom stereocenters. The van der Waals surface area contributed by atoms with Crippen molar-refractivity contribution in [3.05, 3.63) is 39.9 Å². The van der Waals surface area contributed by atoms with E-state index < -0.39 is 28.7 Å². The van der Waals surface area contributed by atoms with E-state index in [9.17, 15) is 19.7 Å². The molecule has 1 unspecified atom stereocenters. The number of nitro groups is 1. The number of nitro benzene ring substituents is 1. The highest BCUT2D eigenvalue weighted by molar-refractivity contribution is 5.79. The number of hydrogen-bond acceptors (Lipinski definition) is 5. The van der Waals surface area contributed by atoms with Crippen LogP contribution >= 0.6 is 0 Å². The molecule has 0 spiro atoms. The summed E-state index contributed by atoms with van der Waals surface area (Å²) in [7, 11) is 0. The zero-order valence-corrected chi connectivity index (χ0v) is 8.82. The fourth-order valence-corrected chi connectivity index (χ4v) is 1.29. The van der Waals surface area contributed by atoms with E-state index in [-0.39, 0.29) is 5.56 Å². The monoisotopic (exact) mass is 239 g/mol. The van der Waals surface area contributed by atoms with Crippen LogP contribution in [0.2, 0.25) is 0 Å². The summed E-state index contributed by atoms with van der Waals surface area (Å²) in [6, 6.07) is 5.21. The quantitative estimate of drug-likeness (QED) is 0.481. The molecule has 0 heterocycles. The summed E-state index contributed by atoms with van der Waals surface area (Å²) in [6.45, 7) is 1.03. The smallest absolute Gasteiger partial charge is 0.350 e. The maximum atomic E-state index is 10.9. The Labute approximate surface area is 95.8 Å². The van der Waals surface area contributed by atoms with E-state index in [0.717, 1.165) is 13.0 Å². The second kappa shape index (κ2) is 5.06. The van der Waals surface area contributed by atoms with Crippen LogP contribution in [-0.2, 0) is 14.3 Å². The Balaban J connectivity index is 3.22. The molecule has 0 amide bonds. The molecule has 1 rings (SSSR count). The summed E-state index contributed by atoms with van der Waals surface area (Å²) in [5.74, 6) is -2.29. The molecule has 7 nitrogen and oxygen atoms in total. The number of carbonyl (C=O) groups is 2. The minimum absolute atomic E-state index is 0.166. The fourth-order valence-electron chi connectivity index (χ4n) is 1.29. The lowest BCUT2D eigenvalue weighted by Gasteiger charge is -2.12. The lowest BCUT2D eigenvalue weighted by atomic mass is 10.1. The van der Waals surface area contributed by atoms with Crippen molar-refractivity contribution in [2.75, 3.05) is 0 Å². The number of rotatable bonds is 4. The van der Waals surface area contributed by atoms with E-state index in [4.69, 9.17) is 5.11 Å². The Morgan fingerprint density at radius 3 is 2.47 bits per heavy atom. The van der Waals surface area contributed by atoms with Crippen LogP contribution < -0.4 is 0 Å². The summed E-state index contributed by atoms with van der Waals surface area (Å²) in [5, 5.41) is 19.6. The Kier molecular flexibility index (Phi) is 3.76. The van der Waals surface area contributed by atoms with Gasteiger partial charge in [0.25, 0.3) is 5.69 Å². The second-order valence-electron chi connectivity index (χ2n) is 3.14. The summed E-state index contributed by atoms with van der Waals surface area (Å²) < 4.78 is 4.55. The highest BCUT2D eigenvalue weighted by Gasteiger charge is 2.29. The molecule has 1 aromatic rings. The lowest BCUT2D eigenvalue weighted by Crippen LogP contribution is -2.19. The maximum Gasteiger partial charge on any atom is 0.350 e. The Hall–Kier alpha value is -2.44. The van der Waals surface area contributed by atoms with E-state index in [1.807, 2.05) is 0 Å². The van der Waals surface area contributed by atoms with Gasteiger partial charge in [-0.1, -0.05) is 12.1 Å². The van der Waals surface area contributed by atoms with Crippen molar-refractivity contribution < 1.29 is 24.4 Å². The van der Waals surface area contributed by atoms with Gasteiger partial charge in [0.05, 0.1) is 10.5 Å². The van der Waals surface area contributed by atoms with Crippen molar-refractivity contribution in [3.8, 4) is 0 Å². The van der Waals surface area contributed by atoms with Crippen LogP contribution in [0.3, 0.4) is 0 Å². The molecule has 0 fully saturated rings. The van der Waals surface area contributed by atoms with Gasteiger partial charge in [0.1, 0.15) is 0 Å². The van der Waals surface area contributed by atoms with E-state index in [1.54, 1.807) is 0 Å². The minimum atomic E-state index is -1.67. The van der Waals surface area contributed by atoms with Crippen LogP contribution in [0.4, 0.5) is 5.69 Å². The van der Waals surface area contributed by atoms with Gasteiger partial charge in [-0.2, -0.15) is 0 Å². The van der Waals surface area contributed by atoms with Gasteiger partial charge in [-0.05, 0) is 6.07 Å². The van der Waals surface area contributed by atoms with Gasteiger partial charge in [0.15, 0.2) is 0 Å². The van der Waals surface area contributed by atoms with Gasteiger partial charge in [0.2, 0.25) is 6.10 Å². The summed E-state index contributed by atoms with van der Waals surface area (Å²) in [6.07, 6.45) is -1.67. The van der Waals surface area contributed by atoms with Crippen molar-refractivity contribution >= 4 is 17.6 Å². The molecule has 0 aliphatic carbocycles. The van der Waals surface area contributed by atoms with Gasteiger partial charge in [-0.3, -0.25) is 14.9 Å². The predicted octanol–water partition coefficient (Wildman–Crippen LogP) is 1.28. The van der Waals surface area contributed by atoms with E-state index >= 15 is 0 Å². The first-order chi connectivity index (χ1) is 7.93. The fraction of sp³-hybridized carbons (Fsp3) is 0.200. The number of ether oxygens (including phenoxy) is 1. The molecule has 0 aromatic heterocycles. The number of benzene rings is 1. The van der Waals surface area contributed by atoms with Crippen molar-refractivity contribution in [2.45, 2.75) is 13.0 Å². The zero-order valence-electron chi connectivity index (χ0n) is 8.82. The number of aliphatic carboxylic acids is 1. The van der Waals surface area contributed by atoms with Crippen LogP contribution in [0.25, 0.3) is 0 Å². The van der Waals surface area contributed by atoms with E-state index in [1.165, 1.54) is 18.2 Å². The molecule has 0 bridgehead atoms. The minimum Gasteiger partial charge on any atom is -0.478 e. The average molecular weight is 239 g/mol. The number of carbonyl (C=O) groups excluding carboxylic acids is 1. The Morgan fingerprint density at radius 2 is 2.00 bits per heavy atom. The van der Waals surface area contributed by atoms with Crippen LogP contribution in [-0.4, -0.2) is 22.0 Å². The Bertz CT molecular complexity index is 470. The summed E-state index contributed by atoms with van der Waals surface area (Å²) in [5.41, 5.74) is -0.568. The molecule has 1 N–H and O–H groups in total. The van der Waals surface area contributed by atoms with Crippen molar-refractivity contribution in [1.29, 1.82) is 0 Å². The normalized spacial score (nSPS) is 11.6. The number of para-hydroxylation sites is 1. The van der Waals surface area contributed by atoms with E-state index in [0.29, 0.717) is 0 Å². The third kappa shape index (κ3) is 3.00. The highest BCUT2D eigenvalue weighted by atomic mass is 16.6. The highest BCUT2D eigenvalue weighted by Crippen LogP contribution is 2.27. The first kappa shape index (κ1) is 12.6. The number of hydrogen-bond donors (Lipinski definition) is 1. The molecule has 0 saturated heterocycles. The molecule has 7 heteroatoms. The van der Waals surface area contributed by atoms with Gasteiger partial charge >= 0.3 is 11.9 Å². The number of carboxylic acid groups (broad SMARTS) is 1. The average Bonchev–Trinajstić information content (AvgIpc) is 2.25. The molecule has 0 aliphatic rings. The number of carboxylic acids is 1. The standard InChI is InChI=1S/C10H9NO6/c1-6(12)17-9(10(13)14)7-4-2-3-5-8(7)11(15)16/h2-5,9H,1H3,(H,13,14). The molecule has 17 heavy (non-hydrogen) atoms. The zero-order chi connectivity index (χ0) is 13.0. The van der Waals surface area contributed by atoms with Gasteiger partial charge in [-0.25, -0.2) is 4.79 Å². The largest absolute Gasteiger partial charge is 0.478 e. The number of esters is 1. The van der Waals surface area contributed by atoms with Crippen LogP contribution in [0.5, 0.6) is 0 Å². The van der Waals surface area contributed by atoms with Gasteiger partial charge < -0.3 is 9.84 Å². The Morgan fingerprint density at radius 1 is 1.41 bits per heavy atom. The molecule has 90 valence electrons. The first-order valence-electron chi connectivity index (χ1n) is 4.57. The van der Waals surface area contributed by atoms with Crippen LogP contribution in [0.1, 0.15) is 18.6 Å². The van der Waals surface area contributed by atoms with E-state index in [2.05, 4.69) is 4.74 Å². The summed E-state index contributed by atoms with van der Waals surface area (Å²) in [4.78, 5) is 31.6. The third-order valence-electron chi connectivity index (χ3n) is 1.92. The van der Waals surface area contributed by atoms with Gasteiger partial charge in [-0.15, -0.1) is 0 Å². The second-order valence-corrected chi connectivity index (χ2v) is 3.14. The molecule has 0 saturated carbocycles. The van der Waals surface area contributed by atoms with Gasteiger partial charge in [0, 0.05) is 13.0 Å². The maximum absolute atomic E-state index is 10.9. The topological polar surface area (TPSA) is 107 Å². The first-order valence-corrected chi connectivity index (χ1v) is 4.57. The molecular formula is C10H9NO6. The molecule has 0 aliphatic heterocycles. The lowest BCUT2D eigenvalue weighted by molar-refractivity contribution is -0.386.